The number of hydrogen-bond donors (Lipinski definition) is 2. The van der Waals surface area contributed by atoms with Gasteiger partial charge in [0.2, 0.25) is 5.91 Å². The van der Waals surface area contributed by atoms with Crippen LogP contribution in [0.1, 0.15) is 6.42 Å². The Hall–Kier alpha value is -1.14. The number of benzene rings is 1. The highest BCUT2D eigenvalue weighted by Crippen LogP contribution is 2.12. The fraction of sp³-hybridized carbons (Fsp3) is 0.533. The Morgan fingerprint density at radius 2 is 1.95 bits per heavy atom. The second kappa shape index (κ2) is 9.00. The molecule has 1 aromatic rings. The maximum absolute atomic E-state index is 11.7. The molecule has 1 fully saturated rings. The lowest BCUT2D eigenvalue weighted by molar-refractivity contribution is -0.115. The average molecular weight is 312 g/mol. The molecule has 0 saturated carbocycles. The van der Waals surface area contributed by atoms with Gasteiger partial charge in [0.25, 0.3) is 0 Å². The number of carbonyl (C=O) groups excluding carboxylic acids is 1. The van der Waals surface area contributed by atoms with Gasteiger partial charge in [0.1, 0.15) is 0 Å². The Labute approximate surface area is 130 Å². The number of anilines is 1. The Balaban J connectivity index is 1.53. The number of amides is 1. The van der Waals surface area contributed by atoms with Crippen LogP contribution in [0.3, 0.4) is 0 Å². The zero-order chi connectivity index (χ0) is 14.9. The fourth-order valence-electron chi connectivity index (χ4n) is 2.19. The van der Waals surface area contributed by atoms with Gasteiger partial charge in [0.15, 0.2) is 0 Å². The Bertz CT molecular complexity index is 433. The van der Waals surface area contributed by atoms with E-state index in [1.165, 1.54) is 0 Å². The van der Waals surface area contributed by atoms with Crippen molar-refractivity contribution in [2.75, 3.05) is 51.3 Å². The molecule has 1 aromatic carbocycles. The molecule has 0 aliphatic carbocycles. The zero-order valence-corrected chi connectivity index (χ0v) is 12.9. The number of morpholine rings is 1. The number of ether oxygens (including phenoxy) is 1. The molecule has 1 heterocycles. The van der Waals surface area contributed by atoms with Crippen LogP contribution >= 0.6 is 11.6 Å². The summed E-state index contributed by atoms with van der Waals surface area (Å²) in [6.07, 6.45) is 1.04. The molecule has 1 aliphatic rings. The quantitative estimate of drug-likeness (QED) is 0.751. The highest BCUT2D eigenvalue weighted by molar-refractivity contribution is 6.30. The molecule has 0 atom stereocenters. The first-order valence-corrected chi connectivity index (χ1v) is 7.68. The number of nitrogens with zero attached hydrogens (tertiary/aromatic N) is 1. The molecule has 2 rings (SSSR count). The lowest BCUT2D eigenvalue weighted by atomic mass is 10.3. The summed E-state index contributed by atoms with van der Waals surface area (Å²) in [4.78, 5) is 14.1. The molecule has 5 nitrogen and oxygen atoms in total. The van der Waals surface area contributed by atoms with Crippen LogP contribution < -0.4 is 10.6 Å². The minimum Gasteiger partial charge on any atom is -0.379 e. The van der Waals surface area contributed by atoms with E-state index in [9.17, 15) is 4.79 Å². The predicted octanol–water partition coefficient (Wildman–Crippen LogP) is 1.59. The first-order chi connectivity index (χ1) is 10.2. The van der Waals surface area contributed by atoms with Crippen molar-refractivity contribution in [3.05, 3.63) is 29.3 Å². The molecule has 116 valence electrons. The molecule has 0 spiro atoms. The highest BCUT2D eigenvalue weighted by Gasteiger charge is 2.09. The molecule has 0 unspecified atom stereocenters. The van der Waals surface area contributed by atoms with Gasteiger partial charge in [-0.2, -0.15) is 0 Å². The van der Waals surface area contributed by atoms with Crippen LogP contribution in [0.15, 0.2) is 24.3 Å². The van der Waals surface area contributed by atoms with E-state index in [0.29, 0.717) is 11.6 Å². The lowest BCUT2D eigenvalue weighted by Crippen LogP contribution is -2.38. The molecule has 0 aromatic heterocycles. The van der Waals surface area contributed by atoms with Gasteiger partial charge >= 0.3 is 0 Å². The van der Waals surface area contributed by atoms with Crippen LogP contribution in [-0.2, 0) is 9.53 Å². The predicted molar refractivity (Wildman–Crippen MR) is 84.8 cm³/mol. The van der Waals surface area contributed by atoms with E-state index < -0.39 is 0 Å². The number of halogens is 1. The van der Waals surface area contributed by atoms with E-state index in [1.807, 2.05) is 0 Å². The van der Waals surface area contributed by atoms with Gasteiger partial charge < -0.3 is 15.4 Å². The Morgan fingerprint density at radius 3 is 2.67 bits per heavy atom. The van der Waals surface area contributed by atoms with Crippen molar-refractivity contribution < 1.29 is 9.53 Å². The van der Waals surface area contributed by atoms with Gasteiger partial charge in [-0.05, 0) is 43.8 Å². The van der Waals surface area contributed by atoms with Crippen LogP contribution in [0, 0.1) is 0 Å². The van der Waals surface area contributed by atoms with Gasteiger partial charge in [0, 0.05) is 23.8 Å². The van der Waals surface area contributed by atoms with Crippen molar-refractivity contribution in [2.45, 2.75) is 6.42 Å². The molecule has 0 radical (unpaired) electrons. The third kappa shape index (κ3) is 6.44. The third-order valence-corrected chi connectivity index (χ3v) is 3.60. The highest BCUT2D eigenvalue weighted by atomic mass is 35.5. The second-order valence-electron chi connectivity index (χ2n) is 5.04. The van der Waals surface area contributed by atoms with Gasteiger partial charge in [-0.15, -0.1) is 0 Å². The summed E-state index contributed by atoms with van der Waals surface area (Å²) in [7, 11) is 0. The minimum absolute atomic E-state index is 0.0382. The van der Waals surface area contributed by atoms with Crippen molar-refractivity contribution >= 4 is 23.2 Å². The summed E-state index contributed by atoms with van der Waals surface area (Å²) in [6.45, 7) is 5.90. The zero-order valence-electron chi connectivity index (χ0n) is 12.1. The largest absolute Gasteiger partial charge is 0.379 e. The minimum atomic E-state index is -0.0382. The van der Waals surface area contributed by atoms with Crippen molar-refractivity contribution in [1.29, 1.82) is 0 Å². The van der Waals surface area contributed by atoms with E-state index in [2.05, 4.69) is 15.5 Å². The first kappa shape index (κ1) is 16.2. The summed E-state index contributed by atoms with van der Waals surface area (Å²) in [5.41, 5.74) is 0.763. The summed E-state index contributed by atoms with van der Waals surface area (Å²) in [6, 6.07) is 7.09. The Kier molecular flexibility index (Phi) is 6.95. The van der Waals surface area contributed by atoms with Crippen molar-refractivity contribution in [2.24, 2.45) is 0 Å². The molecular weight excluding hydrogens is 290 g/mol. The summed E-state index contributed by atoms with van der Waals surface area (Å²) >= 11 is 5.79. The summed E-state index contributed by atoms with van der Waals surface area (Å²) in [5, 5.41) is 6.64. The van der Waals surface area contributed by atoms with E-state index in [-0.39, 0.29) is 5.91 Å². The molecule has 1 saturated heterocycles. The Morgan fingerprint density at radius 1 is 1.24 bits per heavy atom. The van der Waals surface area contributed by atoms with Gasteiger partial charge in [-0.1, -0.05) is 11.6 Å². The van der Waals surface area contributed by atoms with E-state index in [4.69, 9.17) is 16.3 Å². The fourth-order valence-corrected chi connectivity index (χ4v) is 2.32. The van der Waals surface area contributed by atoms with Crippen LogP contribution in [0.5, 0.6) is 0 Å². The smallest absolute Gasteiger partial charge is 0.238 e. The molecule has 2 N–H and O–H groups in total. The molecule has 1 amide bonds. The summed E-state index contributed by atoms with van der Waals surface area (Å²) in [5.74, 6) is -0.0382. The maximum Gasteiger partial charge on any atom is 0.238 e. The first-order valence-electron chi connectivity index (χ1n) is 7.30. The van der Waals surface area contributed by atoms with E-state index >= 15 is 0 Å². The standard InChI is InChI=1S/C15H22ClN3O2/c16-13-2-4-14(5-3-13)18-15(20)12-17-6-1-7-19-8-10-21-11-9-19/h2-5,17H,1,6-12H2,(H,18,20). The van der Waals surface area contributed by atoms with Crippen LogP contribution in [0.2, 0.25) is 5.02 Å². The molecule has 0 bridgehead atoms. The van der Waals surface area contributed by atoms with Crippen molar-refractivity contribution in [3.63, 3.8) is 0 Å². The topological polar surface area (TPSA) is 53.6 Å². The number of nitrogens with one attached hydrogen (secondary N) is 2. The van der Waals surface area contributed by atoms with Gasteiger partial charge in [-0.25, -0.2) is 0 Å². The lowest BCUT2D eigenvalue weighted by Gasteiger charge is -2.26. The number of hydrogen-bond acceptors (Lipinski definition) is 4. The van der Waals surface area contributed by atoms with Crippen molar-refractivity contribution in [3.8, 4) is 0 Å². The summed E-state index contributed by atoms with van der Waals surface area (Å²) < 4.78 is 5.30. The van der Waals surface area contributed by atoms with Gasteiger partial charge in [-0.3, -0.25) is 9.69 Å². The molecular formula is C15H22ClN3O2. The SMILES string of the molecule is O=C(CNCCCN1CCOCC1)Nc1ccc(Cl)cc1. The maximum atomic E-state index is 11.7. The number of carbonyl (C=O) groups is 1. The van der Waals surface area contributed by atoms with Crippen LogP contribution in [0.4, 0.5) is 5.69 Å². The number of rotatable bonds is 7. The second-order valence-corrected chi connectivity index (χ2v) is 5.48. The van der Waals surface area contributed by atoms with Gasteiger partial charge in [0.05, 0.1) is 19.8 Å². The molecule has 6 heteroatoms. The van der Waals surface area contributed by atoms with Crippen LogP contribution in [-0.4, -0.2) is 56.7 Å². The van der Waals surface area contributed by atoms with Crippen LogP contribution in [0.25, 0.3) is 0 Å². The monoisotopic (exact) mass is 311 g/mol. The normalized spacial score (nSPS) is 15.9. The van der Waals surface area contributed by atoms with E-state index in [0.717, 1.165) is 51.5 Å². The third-order valence-electron chi connectivity index (χ3n) is 3.35. The molecule has 21 heavy (non-hydrogen) atoms. The van der Waals surface area contributed by atoms with Crippen molar-refractivity contribution in [1.82, 2.24) is 10.2 Å². The molecule has 1 aliphatic heterocycles. The average Bonchev–Trinajstić information content (AvgIpc) is 2.50. The van der Waals surface area contributed by atoms with E-state index in [1.54, 1.807) is 24.3 Å².